The number of rotatable bonds is 2. The zero-order valence-corrected chi connectivity index (χ0v) is 15.8. The van der Waals surface area contributed by atoms with Gasteiger partial charge < -0.3 is 10.6 Å². The normalized spacial score (nSPS) is 16.6. The number of aryl methyl sites for hydroxylation is 1. The number of hydrogen-bond acceptors (Lipinski definition) is 2. The predicted octanol–water partition coefficient (Wildman–Crippen LogP) is 5.39. The first-order chi connectivity index (χ1) is 9.97. The van der Waals surface area contributed by atoms with Gasteiger partial charge in [0.05, 0.1) is 5.69 Å². The summed E-state index contributed by atoms with van der Waals surface area (Å²) < 4.78 is 2.75. The summed E-state index contributed by atoms with van der Waals surface area (Å²) in [5.74, 6) is -0.0590. The molecule has 0 saturated heterocycles. The van der Waals surface area contributed by atoms with Crippen LogP contribution in [0.4, 0.5) is 11.4 Å². The predicted molar refractivity (Wildman–Crippen MR) is 95.7 cm³/mol. The number of nitrogens with one attached hydrogen (secondary N) is 2. The molecule has 0 aromatic heterocycles. The Morgan fingerprint density at radius 3 is 2.43 bits per heavy atom. The van der Waals surface area contributed by atoms with Crippen LogP contribution in [0, 0.1) is 6.92 Å². The number of hydrogen-bond donors (Lipinski definition) is 2. The molecule has 108 valence electrons. The van der Waals surface area contributed by atoms with E-state index in [2.05, 4.69) is 58.4 Å². The minimum Gasteiger partial charge on any atom is -0.368 e. The van der Waals surface area contributed by atoms with Gasteiger partial charge in [-0.2, -0.15) is 0 Å². The standard InChI is InChI=1S/C15H11Br3N2O/c1-7-5-9(17)13(10(18)6-7)20-14-12-8(16)3-2-4-11(12)19-15(14)21/h2-6,14,20H,1H3,(H,19,21). The Balaban J connectivity index is 2.03. The number of amides is 1. The number of carbonyl (C=O) groups excluding carboxylic acids is 1. The van der Waals surface area contributed by atoms with Gasteiger partial charge in [-0.15, -0.1) is 0 Å². The molecular weight excluding hydrogens is 464 g/mol. The summed E-state index contributed by atoms with van der Waals surface area (Å²) in [6.07, 6.45) is 0. The molecule has 1 unspecified atom stereocenters. The molecule has 1 atom stereocenters. The number of carbonyl (C=O) groups is 1. The van der Waals surface area contributed by atoms with Crippen molar-refractivity contribution in [2.45, 2.75) is 13.0 Å². The Labute approximate surface area is 147 Å². The molecular formula is C15H11Br3N2O. The van der Waals surface area contributed by atoms with E-state index in [1.165, 1.54) is 0 Å². The van der Waals surface area contributed by atoms with E-state index in [1.54, 1.807) is 0 Å². The molecule has 2 N–H and O–H groups in total. The van der Waals surface area contributed by atoms with Crippen molar-refractivity contribution in [1.29, 1.82) is 0 Å². The van der Waals surface area contributed by atoms with Crippen LogP contribution in [0.1, 0.15) is 17.2 Å². The van der Waals surface area contributed by atoms with Crippen molar-refractivity contribution < 1.29 is 4.79 Å². The second kappa shape index (κ2) is 5.74. The van der Waals surface area contributed by atoms with Gasteiger partial charge in [0.15, 0.2) is 0 Å². The van der Waals surface area contributed by atoms with Crippen molar-refractivity contribution in [3.05, 3.63) is 54.9 Å². The van der Waals surface area contributed by atoms with E-state index in [9.17, 15) is 4.79 Å². The fraction of sp³-hybridized carbons (Fsp3) is 0.133. The Kier molecular flexibility index (Phi) is 4.12. The van der Waals surface area contributed by atoms with Gasteiger partial charge in [-0.25, -0.2) is 0 Å². The summed E-state index contributed by atoms with van der Waals surface area (Å²) in [5, 5.41) is 6.21. The SMILES string of the molecule is Cc1cc(Br)c(NC2C(=O)Nc3cccc(Br)c32)c(Br)c1. The van der Waals surface area contributed by atoms with Crippen LogP contribution < -0.4 is 10.6 Å². The van der Waals surface area contributed by atoms with Crippen molar-refractivity contribution in [3.63, 3.8) is 0 Å². The van der Waals surface area contributed by atoms with E-state index in [-0.39, 0.29) is 5.91 Å². The zero-order valence-electron chi connectivity index (χ0n) is 11.0. The topological polar surface area (TPSA) is 41.1 Å². The highest BCUT2D eigenvalue weighted by molar-refractivity contribution is 9.11. The first-order valence-corrected chi connectivity index (χ1v) is 8.66. The van der Waals surface area contributed by atoms with Crippen LogP contribution in [0.15, 0.2) is 43.7 Å². The lowest BCUT2D eigenvalue weighted by molar-refractivity contribution is -0.116. The van der Waals surface area contributed by atoms with Gasteiger partial charge in [0, 0.05) is 24.7 Å². The molecule has 21 heavy (non-hydrogen) atoms. The second-order valence-electron chi connectivity index (χ2n) is 4.87. The van der Waals surface area contributed by atoms with Crippen LogP contribution in [0.5, 0.6) is 0 Å². The molecule has 0 fully saturated rings. The van der Waals surface area contributed by atoms with Crippen molar-refractivity contribution in [1.82, 2.24) is 0 Å². The molecule has 0 saturated carbocycles. The lowest BCUT2D eigenvalue weighted by Gasteiger charge is -2.17. The molecule has 3 rings (SSSR count). The third kappa shape index (κ3) is 2.76. The molecule has 1 heterocycles. The Bertz CT molecular complexity index is 723. The van der Waals surface area contributed by atoms with Gasteiger partial charge >= 0.3 is 0 Å². The van der Waals surface area contributed by atoms with Gasteiger partial charge in [-0.05, 0) is 68.6 Å². The van der Waals surface area contributed by atoms with Crippen molar-refractivity contribution in [2.75, 3.05) is 10.6 Å². The Morgan fingerprint density at radius 2 is 1.76 bits per heavy atom. The van der Waals surface area contributed by atoms with E-state index in [4.69, 9.17) is 0 Å². The fourth-order valence-corrected chi connectivity index (χ4v) is 4.63. The van der Waals surface area contributed by atoms with Crippen LogP contribution in [0.25, 0.3) is 0 Å². The lowest BCUT2D eigenvalue weighted by atomic mass is 10.1. The first-order valence-electron chi connectivity index (χ1n) is 6.29. The van der Waals surface area contributed by atoms with Crippen LogP contribution in [0.3, 0.4) is 0 Å². The van der Waals surface area contributed by atoms with Crippen LogP contribution in [-0.4, -0.2) is 5.91 Å². The van der Waals surface area contributed by atoms with E-state index in [0.29, 0.717) is 0 Å². The number of anilines is 2. The maximum absolute atomic E-state index is 12.3. The van der Waals surface area contributed by atoms with Gasteiger partial charge in [-0.1, -0.05) is 22.0 Å². The molecule has 0 spiro atoms. The summed E-state index contributed by atoms with van der Waals surface area (Å²) in [5.41, 5.74) is 3.77. The van der Waals surface area contributed by atoms with E-state index in [0.717, 1.165) is 35.9 Å². The molecule has 1 aliphatic rings. The summed E-state index contributed by atoms with van der Waals surface area (Å²) in [7, 11) is 0. The van der Waals surface area contributed by atoms with E-state index in [1.807, 2.05) is 37.3 Å². The maximum atomic E-state index is 12.3. The van der Waals surface area contributed by atoms with Crippen molar-refractivity contribution >= 4 is 65.1 Å². The Morgan fingerprint density at radius 1 is 1.10 bits per heavy atom. The summed E-state index contributed by atoms with van der Waals surface area (Å²) in [4.78, 5) is 12.3. The lowest BCUT2D eigenvalue weighted by Crippen LogP contribution is -2.20. The fourth-order valence-electron chi connectivity index (χ4n) is 2.40. The van der Waals surface area contributed by atoms with E-state index < -0.39 is 6.04 Å². The third-order valence-corrected chi connectivity index (χ3v) is 5.28. The molecule has 6 heteroatoms. The van der Waals surface area contributed by atoms with Gasteiger partial charge in [-0.3, -0.25) is 4.79 Å². The van der Waals surface area contributed by atoms with Crippen LogP contribution in [-0.2, 0) is 4.79 Å². The molecule has 1 aliphatic heterocycles. The first kappa shape index (κ1) is 15.1. The zero-order chi connectivity index (χ0) is 15.1. The average Bonchev–Trinajstić information content (AvgIpc) is 2.71. The molecule has 1 amide bonds. The largest absolute Gasteiger partial charge is 0.368 e. The number of fused-ring (bicyclic) bond motifs is 1. The highest BCUT2D eigenvalue weighted by Gasteiger charge is 2.33. The van der Waals surface area contributed by atoms with Gasteiger partial charge in [0.1, 0.15) is 6.04 Å². The van der Waals surface area contributed by atoms with E-state index >= 15 is 0 Å². The smallest absolute Gasteiger partial charge is 0.251 e. The van der Waals surface area contributed by atoms with Gasteiger partial charge in [0.25, 0.3) is 5.91 Å². The number of halogens is 3. The molecule has 2 aromatic rings. The highest BCUT2D eigenvalue weighted by Crippen LogP contribution is 2.41. The van der Waals surface area contributed by atoms with Gasteiger partial charge in [0.2, 0.25) is 0 Å². The third-order valence-electron chi connectivity index (χ3n) is 3.34. The van der Waals surface area contributed by atoms with Crippen LogP contribution >= 0.6 is 47.8 Å². The van der Waals surface area contributed by atoms with Crippen LogP contribution in [0.2, 0.25) is 0 Å². The highest BCUT2D eigenvalue weighted by atomic mass is 79.9. The molecule has 0 aliphatic carbocycles. The minimum absolute atomic E-state index is 0.0590. The van der Waals surface area contributed by atoms with Crippen molar-refractivity contribution in [3.8, 4) is 0 Å². The minimum atomic E-state index is -0.425. The van der Waals surface area contributed by atoms with Crippen molar-refractivity contribution in [2.24, 2.45) is 0 Å². The summed E-state index contributed by atoms with van der Waals surface area (Å²) >= 11 is 10.6. The molecule has 0 radical (unpaired) electrons. The quantitative estimate of drug-likeness (QED) is 0.613. The average molecular weight is 475 g/mol. The maximum Gasteiger partial charge on any atom is 0.251 e. The molecule has 3 nitrogen and oxygen atoms in total. The monoisotopic (exact) mass is 472 g/mol. The summed E-state index contributed by atoms with van der Waals surface area (Å²) in [6.45, 7) is 2.02. The number of benzene rings is 2. The molecule has 2 aromatic carbocycles. The summed E-state index contributed by atoms with van der Waals surface area (Å²) in [6, 6.07) is 9.35. The second-order valence-corrected chi connectivity index (χ2v) is 7.43. The molecule has 0 bridgehead atoms. The Hall–Kier alpha value is -0.850.